The van der Waals surface area contributed by atoms with E-state index < -0.39 is 0 Å². The van der Waals surface area contributed by atoms with Gasteiger partial charge in [-0.1, -0.05) is 39.3 Å². The van der Waals surface area contributed by atoms with Crippen LogP contribution in [-0.2, 0) is 0 Å². The van der Waals surface area contributed by atoms with Crippen LogP contribution in [0.3, 0.4) is 0 Å². The summed E-state index contributed by atoms with van der Waals surface area (Å²) in [6.07, 6.45) is 7.92. The van der Waals surface area contributed by atoms with Gasteiger partial charge in [-0.15, -0.1) is 0 Å². The second-order valence-electron chi connectivity index (χ2n) is 4.29. The van der Waals surface area contributed by atoms with Crippen molar-refractivity contribution in [2.75, 3.05) is 0 Å². The Kier molecular flexibility index (Phi) is 2.10. The van der Waals surface area contributed by atoms with E-state index in [2.05, 4.69) is 32.9 Å². The Labute approximate surface area is 69.7 Å². The van der Waals surface area contributed by atoms with E-state index in [4.69, 9.17) is 5.73 Å². The second kappa shape index (κ2) is 2.63. The van der Waals surface area contributed by atoms with E-state index in [1.54, 1.807) is 0 Å². The van der Waals surface area contributed by atoms with Crippen LogP contribution in [0.1, 0.15) is 40.0 Å². The molecule has 1 heteroatoms. The van der Waals surface area contributed by atoms with Crippen LogP contribution in [0.25, 0.3) is 0 Å². The van der Waals surface area contributed by atoms with Gasteiger partial charge in [0.05, 0.1) is 0 Å². The first-order valence-corrected chi connectivity index (χ1v) is 4.48. The van der Waals surface area contributed by atoms with Crippen molar-refractivity contribution in [3.8, 4) is 0 Å². The van der Waals surface area contributed by atoms with Gasteiger partial charge < -0.3 is 5.73 Å². The molecule has 0 aliphatic heterocycles. The molecule has 1 aliphatic carbocycles. The lowest BCUT2D eigenvalue weighted by Crippen LogP contribution is -2.25. The van der Waals surface area contributed by atoms with Gasteiger partial charge >= 0.3 is 0 Å². The van der Waals surface area contributed by atoms with Gasteiger partial charge in [-0.05, 0) is 18.3 Å². The first-order chi connectivity index (χ1) is 5.02. The highest BCUT2D eigenvalue weighted by Gasteiger charge is 2.56. The summed E-state index contributed by atoms with van der Waals surface area (Å²) in [7, 11) is 0. The Hall–Kier alpha value is -0.300. The summed E-state index contributed by atoms with van der Waals surface area (Å²) in [5, 5.41) is 0. The highest BCUT2D eigenvalue weighted by atomic mass is 14.9. The molecule has 0 radical (unpaired) electrons. The second-order valence-corrected chi connectivity index (χ2v) is 4.29. The minimum Gasteiger partial charge on any atom is -0.321 e. The van der Waals surface area contributed by atoms with E-state index in [1.165, 1.54) is 6.42 Å². The maximum absolute atomic E-state index is 6.08. The number of rotatable bonds is 3. The van der Waals surface area contributed by atoms with Gasteiger partial charge in [-0.3, -0.25) is 0 Å². The SMILES string of the molecule is CCC/C=C/C1(N)CC1(C)C. The third-order valence-corrected chi connectivity index (χ3v) is 2.74. The van der Waals surface area contributed by atoms with E-state index in [-0.39, 0.29) is 5.54 Å². The zero-order chi connectivity index (χ0) is 8.54. The quantitative estimate of drug-likeness (QED) is 0.619. The third-order valence-electron chi connectivity index (χ3n) is 2.74. The summed E-state index contributed by atoms with van der Waals surface area (Å²) in [6, 6.07) is 0. The summed E-state index contributed by atoms with van der Waals surface area (Å²) < 4.78 is 0. The Balaban J connectivity index is 2.39. The molecular weight excluding hydrogens is 134 g/mol. The smallest absolute Gasteiger partial charge is 0.0397 e. The van der Waals surface area contributed by atoms with Gasteiger partial charge in [0.1, 0.15) is 0 Å². The van der Waals surface area contributed by atoms with Gasteiger partial charge in [0.25, 0.3) is 0 Å². The van der Waals surface area contributed by atoms with Crippen LogP contribution in [0, 0.1) is 5.41 Å². The molecule has 0 amide bonds. The Morgan fingerprint density at radius 3 is 2.36 bits per heavy atom. The fourth-order valence-electron chi connectivity index (χ4n) is 1.43. The summed E-state index contributed by atoms with van der Waals surface area (Å²) in [6.45, 7) is 6.64. The molecule has 0 aromatic rings. The largest absolute Gasteiger partial charge is 0.321 e. The van der Waals surface area contributed by atoms with Crippen LogP contribution in [0.5, 0.6) is 0 Å². The number of nitrogens with two attached hydrogens (primary N) is 1. The maximum Gasteiger partial charge on any atom is 0.0397 e. The highest BCUT2D eigenvalue weighted by molar-refractivity contribution is 5.25. The van der Waals surface area contributed by atoms with Crippen molar-refractivity contribution in [3.63, 3.8) is 0 Å². The summed E-state index contributed by atoms with van der Waals surface area (Å²) in [4.78, 5) is 0. The zero-order valence-corrected chi connectivity index (χ0v) is 7.85. The molecule has 1 unspecified atom stereocenters. The fourth-order valence-corrected chi connectivity index (χ4v) is 1.43. The molecular formula is C10H19N. The highest BCUT2D eigenvalue weighted by Crippen LogP contribution is 2.54. The van der Waals surface area contributed by atoms with Gasteiger partial charge in [0.2, 0.25) is 0 Å². The van der Waals surface area contributed by atoms with Gasteiger partial charge in [-0.25, -0.2) is 0 Å². The predicted octanol–water partition coefficient (Wildman–Crippen LogP) is 2.47. The Morgan fingerprint density at radius 1 is 1.45 bits per heavy atom. The lowest BCUT2D eigenvalue weighted by atomic mass is 10.0. The van der Waals surface area contributed by atoms with Gasteiger partial charge in [-0.2, -0.15) is 0 Å². The third kappa shape index (κ3) is 1.64. The van der Waals surface area contributed by atoms with E-state index in [0.29, 0.717) is 5.41 Å². The summed E-state index contributed by atoms with van der Waals surface area (Å²) in [5.41, 5.74) is 6.44. The first kappa shape index (κ1) is 8.79. The molecule has 0 heterocycles. The molecule has 0 aromatic carbocycles. The average molecular weight is 153 g/mol. The lowest BCUT2D eigenvalue weighted by Gasteiger charge is -2.08. The van der Waals surface area contributed by atoms with Crippen molar-refractivity contribution in [2.45, 2.75) is 45.6 Å². The lowest BCUT2D eigenvalue weighted by molar-refractivity contribution is 0.558. The molecule has 0 bridgehead atoms. The van der Waals surface area contributed by atoms with Crippen molar-refractivity contribution in [1.29, 1.82) is 0 Å². The van der Waals surface area contributed by atoms with E-state index in [1.807, 2.05) is 0 Å². The number of hydrogen-bond donors (Lipinski definition) is 1. The predicted molar refractivity (Wildman–Crippen MR) is 49.4 cm³/mol. The topological polar surface area (TPSA) is 26.0 Å². The number of hydrogen-bond acceptors (Lipinski definition) is 1. The van der Waals surface area contributed by atoms with Crippen LogP contribution >= 0.6 is 0 Å². The normalized spacial score (nSPS) is 34.5. The van der Waals surface area contributed by atoms with E-state index >= 15 is 0 Å². The zero-order valence-electron chi connectivity index (χ0n) is 7.85. The molecule has 1 rings (SSSR count). The molecule has 1 aliphatic rings. The van der Waals surface area contributed by atoms with Crippen molar-refractivity contribution >= 4 is 0 Å². The molecule has 11 heavy (non-hydrogen) atoms. The summed E-state index contributed by atoms with van der Waals surface area (Å²) in [5.74, 6) is 0. The monoisotopic (exact) mass is 153 g/mol. The molecule has 1 atom stereocenters. The van der Waals surface area contributed by atoms with Crippen LogP contribution in [0.2, 0.25) is 0 Å². The molecule has 1 fully saturated rings. The maximum atomic E-state index is 6.08. The van der Waals surface area contributed by atoms with E-state index in [9.17, 15) is 0 Å². The number of allylic oxidation sites excluding steroid dienone is 1. The van der Waals surface area contributed by atoms with Crippen molar-refractivity contribution in [2.24, 2.45) is 11.1 Å². The minimum atomic E-state index is 0.0160. The molecule has 0 saturated heterocycles. The van der Waals surface area contributed by atoms with Crippen LogP contribution in [0.4, 0.5) is 0 Å². The molecule has 1 saturated carbocycles. The van der Waals surface area contributed by atoms with Crippen molar-refractivity contribution in [3.05, 3.63) is 12.2 Å². The van der Waals surface area contributed by atoms with Gasteiger partial charge in [0.15, 0.2) is 0 Å². The molecule has 2 N–H and O–H groups in total. The Morgan fingerprint density at radius 2 is 2.00 bits per heavy atom. The minimum absolute atomic E-state index is 0.0160. The summed E-state index contributed by atoms with van der Waals surface area (Å²) >= 11 is 0. The first-order valence-electron chi connectivity index (χ1n) is 4.48. The average Bonchev–Trinajstić information content (AvgIpc) is 2.33. The molecule has 0 spiro atoms. The molecule has 1 nitrogen and oxygen atoms in total. The van der Waals surface area contributed by atoms with Crippen molar-refractivity contribution in [1.82, 2.24) is 0 Å². The van der Waals surface area contributed by atoms with Gasteiger partial charge in [0, 0.05) is 5.54 Å². The fraction of sp³-hybridized carbons (Fsp3) is 0.800. The van der Waals surface area contributed by atoms with Crippen molar-refractivity contribution < 1.29 is 0 Å². The Bertz CT molecular complexity index is 170. The number of unbranched alkanes of at least 4 members (excludes halogenated alkanes) is 1. The van der Waals surface area contributed by atoms with E-state index in [0.717, 1.165) is 12.8 Å². The molecule has 0 aromatic heterocycles. The van der Waals surface area contributed by atoms with Crippen LogP contribution < -0.4 is 5.73 Å². The van der Waals surface area contributed by atoms with Crippen LogP contribution in [-0.4, -0.2) is 5.54 Å². The molecule has 64 valence electrons. The van der Waals surface area contributed by atoms with Crippen LogP contribution in [0.15, 0.2) is 12.2 Å². The standard InChI is InChI=1S/C10H19N/c1-4-5-6-7-10(11)8-9(10,2)3/h6-7H,4-5,8,11H2,1-3H3/b7-6+.